The smallest absolute Gasteiger partial charge is 0.0178 e. The maximum Gasteiger partial charge on any atom is 0.0178 e. The van der Waals surface area contributed by atoms with E-state index in [4.69, 9.17) is 0 Å². The molecule has 0 heterocycles. The van der Waals surface area contributed by atoms with E-state index < -0.39 is 0 Å². The average molecular weight is 320 g/mol. The fourth-order valence-electron chi connectivity index (χ4n) is 3.71. The Labute approximate surface area is 124 Å². The summed E-state index contributed by atoms with van der Waals surface area (Å²) in [6.45, 7) is 0. The first-order valence-electron chi connectivity index (χ1n) is 7.83. The zero-order chi connectivity index (χ0) is 12.8. The zero-order valence-corrected chi connectivity index (χ0v) is 13.0. The van der Waals surface area contributed by atoms with E-state index in [1.807, 2.05) is 0 Å². The molecule has 1 aromatic carbocycles. The molecule has 0 spiro atoms. The van der Waals surface area contributed by atoms with Crippen molar-refractivity contribution in [2.75, 3.05) is 0 Å². The van der Waals surface area contributed by atoms with Gasteiger partial charge in [0.05, 0.1) is 0 Å². The summed E-state index contributed by atoms with van der Waals surface area (Å²) in [7, 11) is 0. The van der Waals surface area contributed by atoms with Crippen LogP contribution in [-0.2, 0) is 12.8 Å². The minimum Gasteiger partial charge on any atom is -0.310 e. The van der Waals surface area contributed by atoms with Crippen LogP contribution in [0.2, 0.25) is 0 Å². The molecule has 0 aromatic heterocycles. The third kappa shape index (κ3) is 2.75. The zero-order valence-electron chi connectivity index (χ0n) is 11.4. The number of halogens is 1. The molecule has 0 radical (unpaired) electrons. The molecule has 1 unspecified atom stereocenters. The molecule has 0 saturated heterocycles. The Morgan fingerprint density at radius 3 is 2.42 bits per heavy atom. The quantitative estimate of drug-likeness (QED) is 0.881. The molecule has 1 atom stereocenters. The molecule has 0 aliphatic heterocycles. The van der Waals surface area contributed by atoms with Crippen molar-refractivity contribution >= 4 is 15.9 Å². The molecule has 3 aliphatic rings. The van der Waals surface area contributed by atoms with E-state index in [-0.39, 0.29) is 0 Å². The number of nitrogens with one attached hydrogen (secondary N) is 1. The SMILES string of the molecule is Brc1ccc2c(c1)CCC(NC(C1CC1)C1CC1)C2. The summed E-state index contributed by atoms with van der Waals surface area (Å²) in [5.74, 6) is 2.03. The first-order chi connectivity index (χ1) is 9.29. The fraction of sp³-hybridized carbons (Fsp3) is 0.647. The van der Waals surface area contributed by atoms with E-state index in [1.165, 1.54) is 49.4 Å². The second-order valence-corrected chi connectivity index (χ2v) is 7.64. The van der Waals surface area contributed by atoms with E-state index in [9.17, 15) is 0 Å². The Hall–Kier alpha value is -0.340. The van der Waals surface area contributed by atoms with Crippen LogP contribution >= 0.6 is 15.9 Å². The number of hydrogen-bond donors (Lipinski definition) is 1. The first-order valence-corrected chi connectivity index (χ1v) is 8.62. The van der Waals surface area contributed by atoms with Crippen molar-refractivity contribution in [1.82, 2.24) is 5.32 Å². The Morgan fingerprint density at radius 2 is 1.74 bits per heavy atom. The van der Waals surface area contributed by atoms with Crippen molar-refractivity contribution in [2.45, 2.75) is 57.0 Å². The van der Waals surface area contributed by atoms with E-state index in [0.29, 0.717) is 0 Å². The Morgan fingerprint density at radius 1 is 1.00 bits per heavy atom. The predicted molar refractivity (Wildman–Crippen MR) is 82.3 cm³/mol. The van der Waals surface area contributed by atoms with E-state index in [0.717, 1.165) is 23.9 Å². The molecule has 102 valence electrons. The van der Waals surface area contributed by atoms with Gasteiger partial charge in [-0.3, -0.25) is 0 Å². The van der Waals surface area contributed by atoms with Gasteiger partial charge in [0, 0.05) is 16.6 Å². The van der Waals surface area contributed by atoms with Gasteiger partial charge in [-0.1, -0.05) is 22.0 Å². The highest BCUT2D eigenvalue weighted by atomic mass is 79.9. The lowest BCUT2D eigenvalue weighted by Gasteiger charge is -2.30. The van der Waals surface area contributed by atoms with Crippen LogP contribution in [0.1, 0.15) is 43.2 Å². The van der Waals surface area contributed by atoms with Crippen LogP contribution in [0.3, 0.4) is 0 Å². The standard InChI is InChI=1S/C17H22BrN/c18-15-7-5-14-10-16(8-6-13(14)9-15)19-17(11-1-2-11)12-3-4-12/h5,7,9,11-12,16-17,19H,1-4,6,8,10H2. The number of rotatable bonds is 4. The summed E-state index contributed by atoms with van der Waals surface area (Å²) < 4.78 is 1.23. The maximum absolute atomic E-state index is 4.02. The van der Waals surface area contributed by atoms with Crippen LogP contribution in [0.15, 0.2) is 22.7 Å². The molecule has 19 heavy (non-hydrogen) atoms. The Bertz CT molecular complexity index is 464. The van der Waals surface area contributed by atoms with Gasteiger partial charge in [0.1, 0.15) is 0 Å². The molecule has 0 amide bonds. The van der Waals surface area contributed by atoms with Crippen LogP contribution < -0.4 is 5.32 Å². The number of benzene rings is 1. The van der Waals surface area contributed by atoms with Gasteiger partial charge in [0.15, 0.2) is 0 Å². The lowest BCUT2D eigenvalue weighted by atomic mass is 9.87. The van der Waals surface area contributed by atoms with Gasteiger partial charge in [-0.05, 0) is 80.0 Å². The Kier molecular flexibility index (Phi) is 3.19. The van der Waals surface area contributed by atoms with Crippen LogP contribution in [0.4, 0.5) is 0 Å². The topological polar surface area (TPSA) is 12.0 Å². The van der Waals surface area contributed by atoms with Crippen molar-refractivity contribution in [3.05, 3.63) is 33.8 Å². The molecule has 2 heteroatoms. The van der Waals surface area contributed by atoms with Crippen LogP contribution in [0, 0.1) is 11.8 Å². The van der Waals surface area contributed by atoms with Gasteiger partial charge in [0.2, 0.25) is 0 Å². The number of hydrogen-bond acceptors (Lipinski definition) is 1. The van der Waals surface area contributed by atoms with E-state index >= 15 is 0 Å². The van der Waals surface area contributed by atoms with E-state index in [1.54, 1.807) is 11.1 Å². The highest BCUT2D eigenvalue weighted by Crippen LogP contribution is 2.45. The third-order valence-electron chi connectivity index (χ3n) is 5.08. The van der Waals surface area contributed by atoms with Gasteiger partial charge < -0.3 is 5.32 Å². The second-order valence-electron chi connectivity index (χ2n) is 6.72. The van der Waals surface area contributed by atoms with Crippen molar-refractivity contribution in [1.29, 1.82) is 0 Å². The second kappa shape index (κ2) is 4.89. The summed E-state index contributed by atoms with van der Waals surface area (Å²) in [6.07, 6.45) is 9.70. The highest BCUT2D eigenvalue weighted by Gasteiger charge is 2.42. The Balaban J connectivity index is 1.44. The average Bonchev–Trinajstić information content (AvgIpc) is 3.28. The van der Waals surface area contributed by atoms with Crippen molar-refractivity contribution < 1.29 is 0 Å². The fourth-order valence-corrected chi connectivity index (χ4v) is 4.11. The molecule has 1 N–H and O–H groups in total. The predicted octanol–water partition coefficient (Wildman–Crippen LogP) is 4.08. The van der Waals surface area contributed by atoms with Crippen molar-refractivity contribution in [2.24, 2.45) is 11.8 Å². The minimum absolute atomic E-state index is 0.722. The van der Waals surface area contributed by atoms with Gasteiger partial charge in [-0.2, -0.15) is 0 Å². The van der Waals surface area contributed by atoms with Crippen molar-refractivity contribution in [3.63, 3.8) is 0 Å². The van der Waals surface area contributed by atoms with E-state index in [2.05, 4.69) is 39.4 Å². The largest absolute Gasteiger partial charge is 0.310 e. The van der Waals surface area contributed by atoms with Crippen LogP contribution in [0.5, 0.6) is 0 Å². The van der Waals surface area contributed by atoms with Crippen LogP contribution in [0.25, 0.3) is 0 Å². The molecule has 1 aromatic rings. The van der Waals surface area contributed by atoms with Gasteiger partial charge in [-0.25, -0.2) is 0 Å². The maximum atomic E-state index is 4.02. The molecule has 0 bridgehead atoms. The summed E-state index contributed by atoms with van der Waals surface area (Å²) in [6, 6.07) is 8.39. The third-order valence-corrected chi connectivity index (χ3v) is 5.58. The van der Waals surface area contributed by atoms with Gasteiger partial charge in [0.25, 0.3) is 0 Å². The summed E-state index contributed by atoms with van der Waals surface area (Å²) >= 11 is 3.58. The monoisotopic (exact) mass is 319 g/mol. The molecule has 1 nitrogen and oxygen atoms in total. The number of aryl methyl sites for hydroxylation is 1. The molecule has 4 rings (SSSR count). The molecular formula is C17H22BrN. The summed E-state index contributed by atoms with van der Waals surface area (Å²) in [4.78, 5) is 0. The van der Waals surface area contributed by atoms with Gasteiger partial charge in [-0.15, -0.1) is 0 Å². The summed E-state index contributed by atoms with van der Waals surface area (Å²) in [5.41, 5.74) is 3.12. The first kappa shape index (κ1) is 12.4. The minimum atomic E-state index is 0.722. The molecule has 2 fully saturated rings. The highest BCUT2D eigenvalue weighted by molar-refractivity contribution is 9.10. The molecular weight excluding hydrogens is 298 g/mol. The summed E-state index contributed by atoms with van der Waals surface area (Å²) in [5, 5.41) is 4.02. The lowest BCUT2D eigenvalue weighted by molar-refractivity contribution is 0.339. The lowest BCUT2D eigenvalue weighted by Crippen LogP contribution is -2.43. The normalized spacial score (nSPS) is 26.5. The molecule has 3 aliphatic carbocycles. The van der Waals surface area contributed by atoms with Crippen molar-refractivity contribution in [3.8, 4) is 0 Å². The number of fused-ring (bicyclic) bond motifs is 1. The van der Waals surface area contributed by atoms with Crippen LogP contribution in [-0.4, -0.2) is 12.1 Å². The molecule has 2 saturated carbocycles. The van der Waals surface area contributed by atoms with Gasteiger partial charge >= 0.3 is 0 Å².